The first kappa shape index (κ1) is 10.3. The van der Waals surface area contributed by atoms with Crippen molar-refractivity contribution in [3.8, 4) is 0 Å². The van der Waals surface area contributed by atoms with Gasteiger partial charge in [0.05, 0.1) is 6.20 Å². The van der Waals surface area contributed by atoms with Crippen LogP contribution in [0.3, 0.4) is 0 Å². The number of alkyl halides is 1. The van der Waals surface area contributed by atoms with E-state index in [0.29, 0.717) is 12.4 Å². The number of aryl methyl sites for hydroxylation is 2. The van der Waals surface area contributed by atoms with Crippen molar-refractivity contribution in [2.75, 3.05) is 5.88 Å². The molecular formula is C9H13ClN2O. The highest BCUT2D eigenvalue weighted by molar-refractivity contribution is 6.17. The van der Waals surface area contributed by atoms with Crippen molar-refractivity contribution >= 4 is 11.6 Å². The summed E-state index contributed by atoms with van der Waals surface area (Å²) in [5.41, 5.74) is 0.869. The number of halogens is 1. The molecule has 1 rings (SSSR count). The van der Waals surface area contributed by atoms with Gasteiger partial charge in [-0.2, -0.15) is 5.10 Å². The Hall–Kier alpha value is -0.830. The summed E-state index contributed by atoms with van der Waals surface area (Å²) in [5.74, 6) is 0.639. The fourth-order valence-electron chi connectivity index (χ4n) is 1.05. The fraction of sp³-hybridized carbons (Fsp3) is 0.556. The maximum atomic E-state index is 11.3. The Morgan fingerprint density at radius 2 is 2.31 bits per heavy atom. The molecule has 0 aliphatic heterocycles. The number of nitrogens with zero attached hydrogens (tertiary/aromatic N) is 2. The molecule has 1 heterocycles. The maximum Gasteiger partial charge on any atom is 0.266 e. The summed E-state index contributed by atoms with van der Waals surface area (Å²) < 4.78 is 1.47. The highest BCUT2D eigenvalue weighted by Gasteiger charge is 1.96. The smallest absolute Gasteiger partial charge is 0.266 e. The van der Waals surface area contributed by atoms with E-state index in [4.69, 9.17) is 11.6 Å². The van der Waals surface area contributed by atoms with Gasteiger partial charge in [0.2, 0.25) is 0 Å². The molecule has 0 aliphatic rings. The first-order valence-corrected chi connectivity index (χ1v) is 4.87. The lowest BCUT2D eigenvalue weighted by atomic mass is 10.3. The second kappa shape index (κ2) is 5.02. The molecule has 0 radical (unpaired) electrons. The Morgan fingerprint density at radius 1 is 1.54 bits per heavy atom. The minimum atomic E-state index is -0.0328. The summed E-state index contributed by atoms with van der Waals surface area (Å²) in [6, 6.07) is 1.59. The number of hydrogen-bond donors (Lipinski definition) is 0. The third kappa shape index (κ3) is 3.19. The molecule has 0 fully saturated rings. The molecule has 13 heavy (non-hydrogen) atoms. The fourth-order valence-corrected chi connectivity index (χ4v) is 1.24. The normalized spacial score (nSPS) is 10.3. The molecule has 0 unspecified atom stereocenters. The average molecular weight is 201 g/mol. The summed E-state index contributed by atoms with van der Waals surface area (Å²) in [4.78, 5) is 11.3. The van der Waals surface area contributed by atoms with Gasteiger partial charge >= 0.3 is 0 Å². The van der Waals surface area contributed by atoms with Crippen molar-refractivity contribution in [1.82, 2.24) is 9.78 Å². The molecule has 0 N–H and O–H groups in total. The minimum Gasteiger partial charge on any atom is -0.268 e. The predicted molar refractivity (Wildman–Crippen MR) is 53.2 cm³/mol. The van der Waals surface area contributed by atoms with E-state index in [1.807, 2.05) is 6.92 Å². The number of rotatable bonds is 4. The Balaban J connectivity index is 2.62. The van der Waals surface area contributed by atoms with Gasteiger partial charge in [-0.3, -0.25) is 4.79 Å². The van der Waals surface area contributed by atoms with Crippen molar-refractivity contribution < 1.29 is 0 Å². The zero-order valence-electron chi connectivity index (χ0n) is 7.66. The monoisotopic (exact) mass is 200 g/mol. The quantitative estimate of drug-likeness (QED) is 0.546. The van der Waals surface area contributed by atoms with E-state index < -0.39 is 0 Å². The van der Waals surface area contributed by atoms with E-state index in [1.165, 1.54) is 4.68 Å². The zero-order valence-corrected chi connectivity index (χ0v) is 8.42. The van der Waals surface area contributed by atoms with Crippen LogP contribution in [0.25, 0.3) is 0 Å². The van der Waals surface area contributed by atoms with E-state index in [0.717, 1.165) is 18.4 Å². The molecule has 0 saturated carbocycles. The molecule has 4 heteroatoms. The maximum absolute atomic E-state index is 11.3. The summed E-state index contributed by atoms with van der Waals surface area (Å²) in [5, 5.41) is 4.01. The van der Waals surface area contributed by atoms with Crippen molar-refractivity contribution in [3.05, 3.63) is 28.2 Å². The van der Waals surface area contributed by atoms with Gasteiger partial charge in [0.15, 0.2) is 0 Å². The lowest BCUT2D eigenvalue weighted by Crippen LogP contribution is -2.22. The van der Waals surface area contributed by atoms with Crippen molar-refractivity contribution in [2.45, 2.75) is 26.3 Å². The van der Waals surface area contributed by atoms with Crippen LogP contribution < -0.4 is 5.56 Å². The van der Waals surface area contributed by atoms with Gasteiger partial charge in [-0.25, -0.2) is 4.68 Å². The Kier molecular flexibility index (Phi) is 3.96. The summed E-state index contributed by atoms with van der Waals surface area (Å²) >= 11 is 5.52. The van der Waals surface area contributed by atoms with Crippen LogP contribution in [0.4, 0.5) is 0 Å². The Morgan fingerprint density at radius 3 is 2.92 bits per heavy atom. The molecule has 1 aromatic heterocycles. The molecule has 0 aliphatic carbocycles. The molecule has 0 bridgehead atoms. The van der Waals surface area contributed by atoms with Gasteiger partial charge in [0, 0.05) is 18.5 Å². The number of hydrogen-bond acceptors (Lipinski definition) is 2. The first-order chi connectivity index (χ1) is 6.24. The molecule has 0 atom stereocenters. The van der Waals surface area contributed by atoms with Gasteiger partial charge in [-0.15, -0.1) is 11.6 Å². The number of aromatic nitrogens is 2. The van der Waals surface area contributed by atoms with Gasteiger partial charge < -0.3 is 0 Å². The zero-order chi connectivity index (χ0) is 9.68. The third-order valence-electron chi connectivity index (χ3n) is 1.76. The largest absolute Gasteiger partial charge is 0.268 e. The van der Waals surface area contributed by atoms with Crippen LogP contribution in [0.1, 0.15) is 18.4 Å². The first-order valence-electron chi connectivity index (χ1n) is 4.34. The van der Waals surface area contributed by atoms with Crippen LogP contribution in [0.15, 0.2) is 17.1 Å². The average Bonchev–Trinajstić information content (AvgIpc) is 2.09. The SMILES string of the molecule is Cc1cnn(CCCCCl)c(=O)c1. The second-order valence-corrected chi connectivity index (χ2v) is 3.37. The lowest BCUT2D eigenvalue weighted by molar-refractivity contribution is 0.542. The van der Waals surface area contributed by atoms with Gasteiger partial charge in [-0.05, 0) is 25.3 Å². The van der Waals surface area contributed by atoms with Crippen LogP contribution in [0.2, 0.25) is 0 Å². The molecule has 72 valence electrons. The van der Waals surface area contributed by atoms with E-state index in [2.05, 4.69) is 5.10 Å². The molecule has 0 spiro atoms. The van der Waals surface area contributed by atoms with Gasteiger partial charge in [0.25, 0.3) is 5.56 Å². The lowest BCUT2D eigenvalue weighted by Gasteiger charge is -2.02. The molecule has 0 saturated heterocycles. The molecular weight excluding hydrogens is 188 g/mol. The molecule has 1 aromatic rings. The van der Waals surface area contributed by atoms with Crippen LogP contribution >= 0.6 is 11.6 Å². The van der Waals surface area contributed by atoms with E-state index in [1.54, 1.807) is 12.3 Å². The highest BCUT2D eigenvalue weighted by Crippen LogP contribution is 1.94. The van der Waals surface area contributed by atoms with Gasteiger partial charge in [0.1, 0.15) is 0 Å². The van der Waals surface area contributed by atoms with Crippen molar-refractivity contribution in [3.63, 3.8) is 0 Å². The Bertz CT molecular complexity index is 322. The topological polar surface area (TPSA) is 34.9 Å². The van der Waals surface area contributed by atoms with Crippen molar-refractivity contribution in [2.24, 2.45) is 0 Å². The summed E-state index contributed by atoms with van der Waals surface area (Å²) in [6.45, 7) is 2.52. The molecule has 0 aromatic carbocycles. The van der Waals surface area contributed by atoms with Crippen LogP contribution in [0, 0.1) is 6.92 Å². The summed E-state index contributed by atoms with van der Waals surface area (Å²) in [7, 11) is 0. The van der Waals surface area contributed by atoms with E-state index in [-0.39, 0.29) is 5.56 Å². The van der Waals surface area contributed by atoms with Crippen LogP contribution in [-0.2, 0) is 6.54 Å². The highest BCUT2D eigenvalue weighted by atomic mass is 35.5. The van der Waals surface area contributed by atoms with E-state index >= 15 is 0 Å². The summed E-state index contributed by atoms with van der Waals surface area (Å²) in [6.07, 6.45) is 3.52. The van der Waals surface area contributed by atoms with Crippen LogP contribution in [0.5, 0.6) is 0 Å². The standard InChI is InChI=1S/C9H13ClN2O/c1-8-6-9(13)12(11-7-8)5-3-2-4-10/h6-7H,2-5H2,1H3. The molecule has 0 amide bonds. The van der Waals surface area contributed by atoms with E-state index in [9.17, 15) is 4.79 Å². The van der Waals surface area contributed by atoms with Crippen LogP contribution in [-0.4, -0.2) is 15.7 Å². The number of unbranched alkanes of at least 4 members (excludes halogenated alkanes) is 1. The van der Waals surface area contributed by atoms with Crippen molar-refractivity contribution in [1.29, 1.82) is 0 Å². The third-order valence-corrected chi connectivity index (χ3v) is 2.03. The predicted octanol–water partition coefficient (Wildman–Crippen LogP) is 1.57. The second-order valence-electron chi connectivity index (χ2n) is 2.99. The Labute approximate surface area is 82.3 Å². The minimum absolute atomic E-state index is 0.0328. The molecule has 3 nitrogen and oxygen atoms in total. The van der Waals surface area contributed by atoms with Gasteiger partial charge in [-0.1, -0.05) is 0 Å².